The molecule has 0 amide bonds. The molecule has 2 aromatic rings. The predicted molar refractivity (Wildman–Crippen MR) is 252 cm³/mol. The molecule has 318 valence electrons. The minimum absolute atomic E-state index is 0.0334. The van der Waals surface area contributed by atoms with Gasteiger partial charge in [0.05, 0.1) is 0 Å². The maximum absolute atomic E-state index is 12.1. The third kappa shape index (κ3) is 17.1. The van der Waals surface area contributed by atoms with E-state index in [9.17, 15) is 4.79 Å². The van der Waals surface area contributed by atoms with Crippen LogP contribution in [0.5, 0.6) is 0 Å². The zero-order valence-corrected chi connectivity index (χ0v) is 40.1. The van der Waals surface area contributed by atoms with E-state index in [1.807, 2.05) is 6.07 Å². The van der Waals surface area contributed by atoms with Crippen molar-refractivity contribution in [3.05, 3.63) is 57.6 Å². The van der Waals surface area contributed by atoms with Crippen molar-refractivity contribution in [2.45, 2.75) is 216 Å². The minimum Gasteiger partial charge on any atom is -0.298 e. The highest BCUT2D eigenvalue weighted by Crippen LogP contribution is 2.55. The van der Waals surface area contributed by atoms with Crippen LogP contribution in [0.15, 0.2) is 40.9 Å². The standard InChI is InChI=1S/C54H89BrO/c1-40(2)17-11-19-42(5)21-13-23-44(7)25-15-27-46(9)33-35-54(52-37-48(39-56)29-31-50(52)51-32-30-49(55)38-53(51)54)36-34-47(10)28-16-26-45(8)24-14-22-43(6)20-12-18-41(3)4/h29-32,37-47H,11-28,33-36H2,1-10H3. The summed E-state index contributed by atoms with van der Waals surface area (Å²) in [4.78, 5) is 12.1. The van der Waals surface area contributed by atoms with Gasteiger partial charge in [0.25, 0.3) is 0 Å². The van der Waals surface area contributed by atoms with Crippen molar-refractivity contribution in [2.24, 2.45) is 47.3 Å². The van der Waals surface area contributed by atoms with E-state index in [0.717, 1.165) is 60.2 Å². The van der Waals surface area contributed by atoms with Gasteiger partial charge in [-0.05, 0) is 113 Å². The second-order valence-corrected chi connectivity index (χ2v) is 21.7. The van der Waals surface area contributed by atoms with Gasteiger partial charge in [-0.25, -0.2) is 0 Å². The van der Waals surface area contributed by atoms with Crippen LogP contribution in [-0.4, -0.2) is 6.29 Å². The van der Waals surface area contributed by atoms with Crippen LogP contribution >= 0.6 is 15.9 Å². The van der Waals surface area contributed by atoms with E-state index in [1.165, 1.54) is 155 Å². The van der Waals surface area contributed by atoms with Crippen LogP contribution in [0.3, 0.4) is 0 Å². The van der Waals surface area contributed by atoms with Gasteiger partial charge in [0, 0.05) is 15.5 Å². The average molecular weight is 834 g/mol. The summed E-state index contributed by atoms with van der Waals surface area (Å²) in [6, 6.07) is 13.5. The Morgan fingerprint density at radius 1 is 0.446 bits per heavy atom. The van der Waals surface area contributed by atoms with Crippen molar-refractivity contribution in [3.8, 4) is 11.1 Å². The lowest BCUT2D eigenvalue weighted by Crippen LogP contribution is -2.27. The maximum Gasteiger partial charge on any atom is 0.150 e. The Kier molecular flexibility index (Phi) is 22.7. The second kappa shape index (κ2) is 25.9. The van der Waals surface area contributed by atoms with Crippen LogP contribution in [0.1, 0.15) is 232 Å². The quantitative estimate of drug-likeness (QED) is 0.0692. The largest absolute Gasteiger partial charge is 0.298 e. The number of carbonyl (C=O) groups excluding carboxylic acids is 1. The van der Waals surface area contributed by atoms with Crippen LogP contribution in [0, 0.1) is 47.3 Å². The molecule has 0 saturated heterocycles. The molecule has 6 atom stereocenters. The number of rotatable bonds is 31. The van der Waals surface area contributed by atoms with E-state index in [0.29, 0.717) is 11.8 Å². The second-order valence-electron chi connectivity index (χ2n) is 20.8. The normalized spacial score (nSPS) is 18.4. The van der Waals surface area contributed by atoms with Crippen molar-refractivity contribution in [3.63, 3.8) is 0 Å². The molecular weight excluding hydrogens is 744 g/mol. The third-order valence-electron chi connectivity index (χ3n) is 14.1. The van der Waals surface area contributed by atoms with E-state index in [2.05, 4.69) is 115 Å². The van der Waals surface area contributed by atoms with Gasteiger partial charge in [-0.1, -0.05) is 219 Å². The summed E-state index contributed by atoms with van der Waals surface area (Å²) in [6.07, 6.45) is 30.7. The molecule has 0 N–H and O–H groups in total. The maximum atomic E-state index is 12.1. The van der Waals surface area contributed by atoms with Crippen LogP contribution in [0.2, 0.25) is 0 Å². The first-order valence-electron chi connectivity index (χ1n) is 24.1. The molecule has 1 aliphatic carbocycles. The molecule has 1 nitrogen and oxygen atoms in total. The van der Waals surface area contributed by atoms with E-state index in [4.69, 9.17) is 0 Å². The first-order valence-corrected chi connectivity index (χ1v) is 24.9. The van der Waals surface area contributed by atoms with Gasteiger partial charge >= 0.3 is 0 Å². The minimum atomic E-state index is -0.0334. The first kappa shape index (κ1) is 49.0. The molecule has 0 spiro atoms. The molecule has 0 aromatic heterocycles. The van der Waals surface area contributed by atoms with Gasteiger partial charge in [-0.15, -0.1) is 0 Å². The van der Waals surface area contributed by atoms with E-state index in [-0.39, 0.29) is 5.41 Å². The molecule has 0 bridgehead atoms. The van der Waals surface area contributed by atoms with Gasteiger partial charge in [-0.2, -0.15) is 0 Å². The predicted octanol–water partition coefficient (Wildman–Crippen LogP) is 18.2. The Hall–Kier alpha value is -1.41. The highest BCUT2D eigenvalue weighted by Gasteiger charge is 2.43. The molecule has 2 aromatic carbocycles. The molecule has 1 aliphatic rings. The zero-order chi connectivity index (χ0) is 41.1. The molecule has 2 heteroatoms. The number of hydrogen-bond donors (Lipinski definition) is 0. The van der Waals surface area contributed by atoms with Gasteiger partial charge in [0.2, 0.25) is 0 Å². The van der Waals surface area contributed by atoms with Crippen molar-refractivity contribution >= 4 is 22.2 Å². The van der Waals surface area contributed by atoms with Crippen molar-refractivity contribution in [1.29, 1.82) is 0 Å². The summed E-state index contributed by atoms with van der Waals surface area (Å²) in [5, 5.41) is 0. The Labute approximate surface area is 357 Å². The smallest absolute Gasteiger partial charge is 0.150 e. The number of halogens is 1. The Morgan fingerprint density at radius 3 is 1.12 bits per heavy atom. The van der Waals surface area contributed by atoms with Crippen molar-refractivity contribution < 1.29 is 4.79 Å². The van der Waals surface area contributed by atoms with Gasteiger partial charge in [-0.3, -0.25) is 4.79 Å². The van der Waals surface area contributed by atoms with Gasteiger partial charge in [0.1, 0.15) is 6.29 Å². The lowest BCUT2D eigenvalue weighted by molar-refractivity contribution is 0.112. The van der Waals surface area contributed by atoms with Crippen molar-refractivity contribution in [2.75, 3.05) is 0 Å². The molecular formula is C54H89BrO. The Balaban J connectivity index is 1.56. The summed E-state index contributed by atoms with van der Waals surface area (Å²) < 4.78 is 1.17. The van der Waals surface area contributed by atoms with Crippen LogP contribution in [0.25, 0.3) is 11.1 Å². The molecule has 56 heavy (non-hydrogen) atoms. The number of aldehydes is 1. The summed E-state index contributed by atoms with van der Waals surface area (Å²) in [5.74, 6) is 6.52. The summed E-state index contributed by atoms with van der Waals surface area (Å²) in [6.45, 7) is 24.4. The molecule has 0 fully saturated rings. The van der Waals surface area contributed by atoms with E-state index in [1.54, 1.807) is 0 Å². The highest BCUT2D eigenvalue weighted by molar-refractivity contribution is 9.10. The number of hydrogen-bond acceptors (Lipinski definition) is 1. The fourth-order valence-electron chi connectivity index (χ4n) is 10.1. The third-order valence-corrected chi connectivity index (χ3v) is 14.6. The van der Waals surface area contributed by atoms with Crippen LogP contribution in [0.4, 0.5) is 0 Å². The molecule has 0 heterocycles. The highest BCUT2D eigenvalue weighted by atomic mass is 79.9. The fraction of sp³-hybridized carbons (Fsp3) is 0.759. The summed E-state index contributed by atoms with van der Waals surface area (Å²) in [7, 11) is 0. The first-order chi connectivity index (χ1) is 26.7. The number of benzene rings is 2. The van der Waals surface area contributed by atoms with Crippen molar-refractivity contribution in [1.82, 2.24) is 0 Å². The Morgan fingerprint density at radius 2 is 0.768 bits per heavy atom. The summed E-state index contributed by atoms with van der Waals surface area (Å²) in [5.41, 5.74) is 6.42. The van der Waals surface area contributed by atoms with E-state index >= 15 is 0 Å². The lowest BCUT2D eigenvalue weighted by atomic mass is 9.69. The lowest BCUT2D eigenvalue weighted by Gasteiger charge is -2.35. The van der Waals surface area contributed by atoms with E-state index < -0.39 is 0 Å². The molecule has 3 rings (SSSR count). The molecule has 0 radical (unpaired) electrons. The fourth-order valence-corrected chi connectivity index (χ4v) is 10.4. The summed E-state index contributed by atoms with van der Waals surface area (Å²) >= 11 is 3.87. The zero-order valence-electron chi connectivity index (χ0n) is 38.5. The van der Waals surface area contributed by atoms with Gasteiger partial charge in [0.15, 0.2) is 0 Å². The number of carbonyl (C=O) groups is 1. The van der Waals surface area contributed by atoms with Gasteiger partial charge < -0.3 is 0 Å². The SMILES string of the molecule is CC(C)CCCC(C)CCCC(C)CCCC(C)CCC1(CCC(C)CCCC(C)CCCC(C)CCCC(C)C)c2cc(Br)ccc2-c2ccc(C=O)cc21. The average Bonchev–Trinajstić information content (AvgIpc) is 3.40. The molecule has 6 unspecified atom stereocenters. The molecule has 0 saturated carbocycles. The Bertz CT molecular complexity index is 1320. The molecule has 0 aliphatic heterocycles. The van der Waals surface area contributed by atoms with Crippen LogP contribution < -0.4 is 0 Å². The monoisotopic (exact) mass is 833 g/mol. The number of fused-ring (bicyclic) bond motifs is 3. The van der Waals surface area contributed by atoms with Crippen LogP contribution in [-0.2, 0) is 5.41 Å². The topological polar surface area (TPSA) is 17.1 Å².